The Kier molecular flexibility index (Phi) is 2.32. The fraction of sp³-hybridized carbons (Fsp3) is 0.222. The van der Waals surface area contributed by atoms with E-state index in [-0.39, 0.29) is 17.8 Å². The van der Waals surface area contributed by atoms with Crippen molar-refractivity contribution in [3.05, 3.63) is 35.6 Å². The smallest absolute Gasteiger partial charge is 0.240 e. The van der Waals surface area contributed by atoms with Gasteiger partial charge in [-0.25, -0.2) is 9.07 Å². The molecule has 78 valence electrons. The Bertz CT molecular complexity index is 467. The lowest BCUT2D eigenvalue weighted by molar-refractivity contribution is 0.513. The van der Waals surface area contributed by atoms with Crippen LogP contribution in [0.15, 0.2) is 24.3 Å². The number of halogens is 1. The molecule has 1 aromatic heterocycles. The van der Waals surface area contributed by atoms with Crippen LogP contribution in [0.2, 0.25) is 0 Å². The number of tetrazole rings is 1. The highest BCUT2D eigenvalue weighted by atomic mass is 19.1. The van der Waals surface area contributed by atoms with Crippen LogP contribution in [0.1, 0.15) is 18.5 Å². The minimum absolute atomic E-state index is 0.172. The lowest BCUT2D eigenvalue weighted by Crippen LogP contribution is -2.13. The van der Waals surface area contributed by atoms with Gasteiger partial charge in [0.2, 0.25) is 5.95 Å². The summed E-state index contributed by atoms with van der Waals surface area (Å²) in [4.78, 5) is 0. The minimum Gasteiger partial charge on any atom is -0.367 e. The van der Waals surface area contributed by atoms with Crippen molar-refractivity contribution in [3.8, 4) is 0 Å². The summed E-state index contributed by atoms with van der Waals surface area (Å²) in [6.07, 6.45) is 0. The molecule has 1 heterocycles. The molecule has 0 fully saturated rings. The van der Waals surface area contributed by atoms with Gasteiger partial charge in [0.1, 0.15) is 5.82 Å². The number of nitrogens with zero attached hydrogens (tertiary/aromatic N) is 4. The SMILES string of the molecule is CC(c1ccccc1F)n1nnnc1N. The molecule has 2 aromatic rings. The van der Waals surface area contributed by atoms with E-state index in [1.54, 1.807) is 25.1 Å². The highest BCUT2D eigenvalue weighted by Crippen LogP contribution is 2.20. The highest BCUT2D eigenvalue weighted by Gasteiger charge is 2.15. The monoisotopic (exact) mass is 207 g/mol. The minimum atomic E-state index is -0.318. The molecule has 0 saturated carbocycles. The number of rotatable bonds is 2. The summed E-state index contributed by atoms with van der Waals surface area (Å²) >= 11 is 0. The summed E-state index contributed by atoms with van der Waals surface area (Å²) in [6, 6.07) is 6.15. The van der Waals surface area contributed by atoms with E-state index in [4.69, 9.17) is 5.73 Å². The topological polar surface area (TPSA) is 69.6 Å². The van der Waals surface area contributed by atoms with Gasteiger partial charge in [0.15, 0.2) is 0 Å². The summed E-state index contributed by atoms with van der Waals surface area (Å²) in [5.74, 6) is -0.120. The molecule has 0 radical (unpaired) electrons. The second-order valence-electron chi connectivity index (χ2n) is 3.18. The Hall–Kier alpha value is -1.98. The van der Waals surface area contributed by atoms with Crippen LogP contribution in [0.5, 0.6) is 0 Å². The van der Waals surface area contributed by atoms with E-state index in [9.17, 15) is 4.39 Å². The van der Waals surface area contributed by atoms with Gasteiger partial charge in [0.25, 0.3) is 0 Å². The Balaban J connectivity index is 2.41. The average molecular weight is 207 g/mol. The molecule has 1 aromatic carbocycles. The Labute approximate surface area is 85.7 Å². The molecule has 0 spiro atoms. The van der Waals surface area contributed by atoms with E-state index in [0.717, 1.165) is 0 Å². The van der Waals surface area contributed by atoms with Crippen molar-refractivity contribution in [2.75, 3.05) is 5.73 Å². The Morgan fingerprint density at radius 3 is 2.73 bits per heavy atom. The van der Waals surface area contributed by atoms with Crippen molar-refractivity contribution in [1.82, 2.24) is 20.2 Å². The maximum absolute atomic E-state index is 13.4. The number of aromatic nitrogens is 4. The largest absolute Gasteiger partial charge is 0.367 e. The predicted octanol–water partition coefficient (Wildman–Crippen LogP) is 1.00. The molecule has 5 nitrogen and oxygen atoms in total. The standard InChI is InChI=1S/C9H10FN5/c1-6(15-9(11)12-13-14-15)7-4-2-3-5-8(7)10/h2-6H,1H3,(H2,11,12,14). The van der Waals surface area contributed by atoms with Crippen molar-refractivity contribution < 1.29 is 4.39 Å². The summed E-state index contributed by atoms with van der Waals surface area (Å²) in [5, 5.41) is 10.7. The van der Waals surface area contributed by atoms with Gasteiger partial charge >= 0.3 is 0 Å². The van der Waals surface area contributed by atoms with Gasteiger partial charge < -0.3 is 5.73 Å². The zero-order valence-electron chi connectivity index (χ0n) is 8.13. The molecular formula is C9H10FN5. The third-order valence-corrected chi connectivity index (χ3v) is 2.24. The molecule has 2 rings (SSSR count). The normalized spacial score (nSPS) is 12.7. The van der Waals surface area contributed by atoms with Gasteiger partial charge in [-0.1, -0.05) is 23.3 Å². The van der Waals surface area contributed by atoms with Gasteiger partial charge in [0.05, 0.1) is 6.04 Å². The van der Waals surface area contributed by atoms with Crippen molar-refractivity contribution in [2.24, 2.45) is 0 Å². The highest BCUT2D eigenvalue weighted by molar-refractivity contribution is 5.24. The van der Waals surface area contributed by atoms with E-state index in [0.29, 0.717) is 5.56 Å². The summed E-state index contributed by atoms with van der Waals surface area (Å²) in [7, 11) is 0. The first-order valence-electron chi connectivity index (χ1n) is 4.48. The maximum Gasteiger partial charge on any atom is 0.240 e. The van der Waals surface area contributed by atoms with E-state index in [1.165, 1.54) is 10.7 Å². The van der Waals surface area contributed by atoms with Gasteiger partial charge in [-0.15, -0.1) is 0 Å². The molecule has 2 N–H and O–H groups in total. The van der Waals surface area contributed by atoms with Gasteiger partial charge in [-0.05, 0) is 23.4 Å². The molecule has 6 heteroatoms. The second kappa shape index (κ2) is 3.64. The number of hydrogen-bond donors (Lipinski definition) is 1. The van der Waals surface area contributed by atoms with E-state index in [2.05, 4.69) is 15.5 Å². The fourth-order valence-electron chi connectivity index (χ4n) is 1.42. The molecule has 0 aliphatic carbocycles. The van der Waals surface area contributed by atoms with Crippen molar-refractivity contribution in [1.29, 1.82) is 0 Å². The predicted molar refractivity (Wildman–Crippen MR) is 52.4 cm³/mol. The van der Waals surface area contributed by atoms with Gasteiger partial charge in [-0.3, -0.25) is 0 Å². The van der Waals surface area contributed by atoms with Crippen LogP contribution in [0.25, 0.3) is 0 Å². The number of nitrogens with two attached hydrogens (primary N) is 1. The Morgan fingerprint density at radius 2 is 2.13 bits per heavy atom. The molecule has 0 amide bonds. The number of hydrogen-bond acceptors (Lipinski definition) is 4. The molecule has 1 atom stereocenters. The molecule has 15 heavy (non-hydrogen) atoms. The van der Waals surface area contributed by atoms with Crippen LogP contribution in [0.3, 0.4) is 0 Å². The Morgan fingerprint density at radius 1 is 1.40 bits per heavy atom. The third-order valence-electron chi connectivity index (χ3n) is 2.24. The van der Waals surface area contributed by atoms with Gasteiger partial charge in [-0.2, -0.15) is 0 Å². The van der Waals surface area contributed by atoms with Crippen molar-refractivity contribution in [2.45, 2.75) is 13.0 Å². The first-order valence-corrected chi connectivity index (χ1v) is 4.48. The van der Waals surface area contributed by atoms with Crippen LogP contribution >= 0.6 is 0 Å². The lowest BCUT2D eigenvalue weighted by atomic mass is 10.1. The van der Waals surface area contributed by atoms with E-state index in [1.807, 2.05) is 0 Å². The third kappa shape index (κ3) is 1.65. The molecule has 0 saturated heterocycles. The quantitative estimate of drug-likeness (QED) is 0.797. The first-order chi connectivity index (χ1) is 7.20. The molecular weight excluding hydrogens is 197 g/mol. The van der Waals surface area contributed by atoms with Crippen molar-refractivity contribution >= 4 is 5.95 Å². The van der Waals surface area contributed by atoms with E-state index < -0.39 is 0 Å². The molecule has 0 bridgehead atoms. The molecule has 0 aliphatic heterocycles. The molecule has 1 unspecified atom stereocenters. The fourth-order valence-corrected chi connectivity index (χ4v) is 1.42. The molecule has 0 aliphatic rings. The maximum atomic E-state index is 13.4. The number of benzene rings is 1. The van der Waals surface area contributed by atoms with E-state index >= 15 is 0 Å². The number of nitrogen functional groups attached to an aromatic ring is 1. The zero-order valence-corrected chi connectivity index (χ0v) is 8.13. The average Bonchev–Trinajstić information content (AvgIpc) is 2.64. The second-order valence-corrected chi connectivity index (χ2v) is 3.18. The van der Waals surface area contributed by atoms with Crippen LogP contribution in [-0.4, -0.2) is 20.2 Å². The van der Waals surface area contributed by atoms with Crippen LogP contribution in [-0.2, 0) is 0 Å². The van der Waals surface area contributed by atoms with Gasteiger partial charge in [0, 0.05) is 5.56 Å². The van der Waals surface area contributed by atoms with Crippen molar-refractivity contribution in [3.63, 3.8) is 0 Å². The first kappa shape index (κ1) is 9.57. The van der Waals surface area contributed by atoms with Crippen LogP contribution < -0.4 is 5.73 Å². The zero-order chi connectivity index (χ0) is 10.8. The number of anilines is 1. The van der Waals surface area contributed by atoms with Crippen LogP contribution in [0, 0.1) is 5.82 Å². The van der Waals surface area contributed by atoms with Crippen LogP contribution in [0.4, 0.5) is 10.3 Å². The summed E-state index contributed by atoms with van der Waals surface area (Å²) in [6.45, 7) is 1.78. The lowest BCUT2D eigenvalue weighted by Gasteiger charge is -2.12. The summed E-state index contributed by atoms with van der Waals surface area (Å²) < 4.78 is 14.8. The summed E-state index contributed by atoms with van der Waals surface area (Å²) in [5.41, 5.74) is 6.04.